The SMILES string of the molecule is FC(F)(F)c1cccc(-n2ccc([C@H]3OCCS3)c2)c1. The zero-order valence-corrected chi connectivity index (χ0v) is 11.2. The van der Waals surface area contributed by atoms with Crippen molar-refractivity contribution in [3.05, 3.63) is 53.9 Å². The minimum absolute atomic E-state index is 0.0120. The molecule has 1 aromatic heterocycles. The van der Waals surface area contributed by atoms with E-state index in [1.165, 1.54) is 6.07 Å². The van der Waals surface area contributed by atoms with Crippen LogP contribution in [0.25, 0.3) is 5.69 Å². The summed E-state index contributed by atoms with van der Waals surface area (Å²) in [5.74, 6) is 0.944. The third-order valence-corrected chi connectivity index (χ3v) is 4.19. The lowest BCUT2D eigenvalue weighted by molar-refractivity contribution is -0.137. The van der Waals surface area contributed by atoms with Crippen molar-refractivity contribution < 1.29 is 17.9 Å². The van der Waals surface area contributed by atoms with E-state index in [-0.39, 0.29) is 5.44 Å². The number of hydrogen-bond donors (Lipinski definition) is 0. The van der Waals surface area contributed by atoms with Crippen LogP contribution in [0.1, 0.15) is 16.6 Å². The molecule has 1 saturated heterocycles. The van der Waals surface area contributed by atoms with Crippen LogP contribution in [0.2, 0.25) is 0 Å². The van der Waals surface area contributed by atoms with E-state index in [1.54, 1.807) is 28.6 Å². The average Bonchev–Trinajstić information content (AvgIpc) is 3.09. The van der Waals surface area contributed by atoms with Crippen molar-refractivity contribution in [1.29, 1.82) is 0 Å². The van der Waals surface area contributed by atoms with Gasteiger partial charge in [-0.05, 0) is 24.3 Å². The van der Waals surface area contributed by atoms with Crippen molar-refractivity contribution in [3.8, 4) is 5.69 Å². The molecule has 20 heavy (non-hydrogen) atoms. The molecule has 1 aromatic carbocycles. The molecular formula is C14H12F3NOS. The van der Waals surface area contributed by atoms with Crippen LogP contribution >= 0.6 is 11.8 Å². The number of rotatable bonds is 2. The zero-order valence-electron chi connectivity index (χ0n) is 10.4. The Morgan fingerprint density at radius 1 is 1.25 bits per heavy atom. The minimum atomic E-state index is -4.32. The van der Waals surface area contributed by atoms with Crippen LogP contribution in [-0.4, -0.2) is 16.9 Å². The maximum atomic E-state index is 12.7. The fourth-order valence-electron chi connectivity index (χ4n) is 2.11. The first-order valence-electron chi connectivity index (χ1n) is 6.13. The summed E-state index contributed by atoms with van der Waals surface area (Å²) in [4.78, 5) is 0. The first-order valence-corrected chi connectivity index (χ1v) is 7.18. The standard InChI is InChI=1S/C14H12F3NOS/c15-14(16,17)11-2-1-3-12(8-11)18-5-4-10(9-18)13-19-6-7-20-13/h1-5,8-9,13H,6-7H2/t13-/m0/s1. The predicted octanol–water partition coefficient (Wildman–Crippen LogP) is 4.26. The third-order valence-electron chi connectivity index (χ3n) is 3.08. The molecule has 2 heterocycles. The van der Waals surface area contributed by atoms with E-state index >= 15 is 0 Å². The maximum absolute atomic E-state index is 12.7. The highest BCUT2D eigenvalue weighted by atomic mass is 32.2. The fourth-order valence-corrected chi connectivity index (χ4v) is 3.04. The van der Waals surface area contributed by atoms with Gasteiger partial charge < -0.3 is 9.30 Å². The second kappa shape index (κ2) is 5.18. The van der Waals surface area contributed by atoms with Crippen LogP contribution in [0.3, 0.4) is 0 Å². The number of thioether (sulfide) groups is 1. The molecule has 0 bridgehead atoms. The Balaban J connectivity index is 1.89. The Hall–Kier alpha value is -1.40. The maximum Gasteiger partial charge on any atom is 0.416 e. The normalized spacial score (nSPS) is 19.4. The zero-order chi connectivity index (χ0) is 14.2. The van der Waals surface area contributed by atoms with Crippen molar-refractivity contribution >= 4 is 11.8 Å². The lowest BCUT2D eigenvalue weighted by Gasteiger charge is -2.09. The quantitative estimate of drug-likeness (QED) is 0.822. The molecule has 2 nitrogen and oxygen atoms in total. The first-order chi connectivity index (χ1) is 9.54. The van der Waals surface area contributed by atoms with Gasteiger partial charge >= 0.3 is 6.18 Å². The highest BCUT2D eigenvalue weighted by Crippen LogP contribution is 2.36. The van der Waals surface area contributed by atoms with Gasteiger partial charge in [-0.2, -0.15) is 13.2 Å². The van der Waals surface area contributed by atoms with E-state index in [0.717, 1.165) is 23.4 Å². The van der Waals surface area contributed by atoms with Crippen molar-refractivity contribution in [2.45, 2.75) is 11.6 Å². The molecule has 0 amide bonds. The van der Waals surface area contributed by atoms with Gasteiger partial charge in [-0.3, -0.25) is 0 Å². The van der Waals surface area contributed by atoms with Gasteiger partial charge in [0.05, 0.1) is 12.2 Å². The summed E-state index contributed by atoms with van der Waals surface area (Å²) in [5.41, 5.74) is 0.817. The smallest absolute Gasteiger partial charge is 0.362 e. The first kappa shape index (κ1) is 13.6. The molecule has 106 valence electrons. The molecule has 0 N–H and O–H groups in total. The fraction of sp³-hybridized carbons (Fsp3) is 0.286. The summed E-state index contributed by atoms with van der Waals surface area (Å²) in [7, 11) is 0. The topological polar surface area (TPSA) is 14.2 Å². The van der Waals surface area contributed by atoms with Gasteiger partial charge in [0.25, 0.3) is 0 Å². The molecule has 0 saturated carbocycles. The van der Waals surface area contributed by atoms with Crippen LogP contribution in [0, 0.1) is 0 Å². The van der Waals surface area contributed by atoms with Gasteiger partial charge in [-0.15, -0.1) is 11.8 Å². The van der Waals surface area contributed by atoms with E-state index in [9.17, 15) is 13.2 Å². The van der Waals surface area contributed by atoms with Gasteiger partial charge in [-0.1, -0.05) is 6.07 Å². The summed E-state index contributed by atoms with van der Waals surface area (Å²) in [5, 5.41) is 0. The van der Waals surface area contributed by atoms with Gasteiger partial charge in [0.1, 0.15) is 5.44 Å². The predicted molar refractivity (Wildman–Crippen MR) is 71.9 cm³/mol. The van der Waals surface area contributed by atoms with Gasteiger partial charge in [0.15, 0.2) is 0 Å². The molecule has 1 atom stereocenters. The highest BCUT2D eigenvalue weighted by molar-refractivity contribution is 7.99. The third kappa shape index (κ3) is 2.71. The Labute approximate surface area is 118 Å². The number of halogens is 3. The van der Waals surface area contributed by atoms with Crippen LogP contribution in [0.15, 0.2) is 42.7 Å². The number of aromatic nitrogens is 1. The van der Waals surface area contributed by atoms with Crippen molar-refractivity contribution in [2.24, 2.45) is 0 Å². The molecular weight excluding hydrogens is 287 g/mol. The van der Waals surface area contributed by atoms with Crippen LogP contribution < -0.4 is 0 Å². The molecule has 1 fully saturated rings. The van der Waals surface area contributed by atoms with E-state index in [1.807, 2.05) is 12.3 Å². The molecule has 0 spiro atoms. The van der Waals surface area contributed by atoms with Crippen molar-refractivity contribution in [3.63, 3.8) is 0 Å². The second-order valence-electron chi connectivity index (χ2n) is 4.47. The highest BCUT2D eigenvalue weighted by Gasteiger charge is 2.30. The summed E-state index contributed by atoms with van der Waals surface area (Å²) < 4.78 is 45.3. The van der Waals surface area contributed by atoms with Gasteiger partial charge in [-0.25, -0.2) is 0 Å². The molecule has 0 unspecified atom stereocenters. The summed E-state index contributed by atoms with van der Waals surface area (Å²) >= 11 is 1.70. The van der Waals surface area contributed by atoms with E-state index < -0.39 is 11.7 Å². The van der Waals surface area contributed by atoms with Crippen molar-refractivity contribution in [1.82, 2.24) is 4.57 Å². The Bertz CT molecular complexity index is 602. The molecule has 1 aliphatic heterocycles. The number of nitrogens with zero attached hydrogens (tertiary/aromatic N) is 1. The van der Waals surface area contributed by atoms with Crippen LogP contribution in [-0.2, 0) is 10.9 Å². The van der Waals surface area contributed by atoms with E-state index in [2.05, 4.69) is 0 Å². The van der Waals surface area contributed by atoms with Crippen molar-refractivity contribution in [2.75, 3.05) is 12.4 Å². The van der Waals surface area contributed by atoms with Gasteiger partial charge in [0, 0.05) is 29.4 Å². The molecule has 3 rings (SSSR count). The Morgan fingerprint density at radius 2 is 2.10 bits per heavy atom. The lowest BCUT2D eigenvalue weighted by Crippen LogP contribution is -2.05. The average molecular weight is 299 g/mol. The number of hydrogen-bond acceptors (Lipinski definition) is 2. The largest absolute Gasteiger partial charge is 0.416 e. The van der Waals surface area contributed by atoms with E-state index in [4.69, 9.17) is 4.74 Å². The molecule has 0 radical (unpaired) electrons. The Morgan fingerprint density at radius 3 is 2.80 bits per heavy atom. The summed E-state index contributed by atoms with van der Waals surface area (Å²) in [6.45, 7) is 0.712. The van der Waals surface area contributed by atoms with E-state index in [0.29, 0.717) is 12.3 Å². The Kier molecular flexibility index (Phi) is 3.52. The van der Waals surface area contributed by atoms with Gasteiger partial charge in [0.2, 0.25) is 0 Å². The van der Waals surface area contributed by atoms with Crippen LogP contribution in [0.5, 0.6) is 0 Å². The number of alkyl halides is 3. The molecule has 1 aliphatic rings. The number of ether oxygens (including phenoxy) is 1. The molecule has 2 aromatic rings. The number of benzene rings is 1. The summed E-state index contributed by atoms with van der Waals surface area (Å²) in [6.07, 6.45) is -0.748. The monoisotopic (exact) mass is 299 g/mol. The lowest BCUT2D eigenvalue weighted by atomic mass is 10.2. The second-order valence-corrected chi connectivity index (χ2v) is 5.64. The molecule has 6 heteroatoms. The minimum Gasteiger partial charge on any atom is -0.362 e. The van der Waals surface area contributed by atoms with Crippen LogP contribution in [0.4, 0.5) is 13.2 Å². The summed E-state index contributed by atoms with van der Waals surface area (Å²) in [6, 6.07) is 7.17. The molecule has 0 aliphatic carbocycles.